The zero-order valence-corrected chi connectivity index (χ0v) is 8.62. The SMILES string of the molecule is Cc1cc(F)ccc1C(=O)N(C)CC#N. The van der Waals surface area contributed by atoms with Gasteiger partial charge < -0.3 is 4.90 Å². The van der Waals surface area contributed by atoms with Crippen LogP contribution in [0.5, 0.6) is 0 Å². The van der Waals surface area contributed by atoms with Crippen LogP contribution in [-0.2, 0) is 0 Å². The van der Waals surface area contributed by atoms with Crippen LogP contribution in [0.3, 0.4) is 0 Å². The summed E-state index contributed by atoms with van der Waals surface area (Å²) in [5.74, 6) is -0.638. The largest absolute Gasteiger partial charge is 0.328 e. The molecule has 0 atom stereocenters. The number of aryl methyl sites for hydroxylation is 1. The maximum Gasteiger partial charge on any atom is 0.254 e. The van der Waals surface area contributed by atoms with E-state index in [-0.39, 0.29) is 18.3 Å². The summed E-state index contributed by atoms with van der Waals surface area (Å²) in [5.41, 5.74) is 0.999. The zero-order valence-electron chi connectivity index (χ0n) is 8.62. The summed E-state index contributed by atoms with van der Waals surface area (Å²) in [6.07, 6.45) is 0. The van der Waals surface area contributed by atoms with Gasteiger partial charge in [-0.2, -0.15) is 5.26 Å². The number of nitriles is 1. The van der Waals surface area contributed by atoms with Gasteiger partial charge in [-0.15, -0.1) is 0 Å². The van der Waals surface area contributed by atoms with Crippen LogP contribution >= 0.6 is 0 Å². The molecule has 15 heavy (non-hydrogen) atoms. The Bertz CT molecular complexity index is 423. The van der Waals surface area contributed by atoms with Gasteiger partial charge in [-0.3, -0.25) is 4.79 Å². The lowest BCUT2D eigenvalue weighted by molar-refractivity contribution is 0.0811. The third kappa shape index (κ3) is 2.53. The lowest BCUT2D eigenvalue weighted by atomic mass is 10.1. The minimum atomic E-state index is -0.369. The van der Waals surface area contributed by atoms with Crippen molar-refractivity contribution in [2.45, 2.75) is 6.92 Å². The van der Waals surface area contributed by atoms with Crippen molar-refractivity contribution < 1.29 is 9.18 Å². The fourth-order valence-electron chi connectivity index (χ4n) is 1.25. The molecular formula is C11H11FN2O. The minimum Gasteiger partial charge on any atom is -0.328 e. The number of hydrogen-bond acceptors (Lipinski definition) is 2. The van der Waals surface area contributed by atoms with Crippen LogP contribution in [-0.4, -0.2) is 24.4 Å². The van der Waals surface area contributed by atoms with E-state index in [9.17, 15) is 9.18 Å². The summed E-state index contributed by atoms with van der Waals surface area (Å²) in [6.45, 7) is 1.69. The quantitative estimate of drug-likeness (QED) is 0.691. The summed E-state index contributed by atoms with van der Waals surface area (Å²) < 4.78 is 12.8. The molecule has 0 saturated heterocycles. The van der Waals surface area contributed by atoms with Gasteiger partial charge in [-0.1, -0.05) is 0 Å². The standard InChI is InChI=1S/C11H11FN2O/c1-8-7-9(12)3-4-10(8)11(15)14(2)6-5-13/h3-4,7H,6H2,1-2H3. The Morgan fingerprint density at radius 3 is 2.80 bits per heavy atom. The molecule has 0 spiro atoms. The molecule has 0 N–H and O–H groups in total. The van der Waals surface area contributed by atoms with Crippen molar-refractivity contribution in [3.05, 3.63) is 35.1 Å². The molecule has 3 nitrogen and oxygen atoms in total. The first-order valence-electron chi connectivity index (χ1n) is 4.45. The van der Waals surface area contributed by atoms with Crippen LogP contribution in [0.25, 0.3) is 0 Å². The second kappa shape index (κ2) is 4.56. The normalized spacial score (nSPS) is 9.47. The molecule has 4 heteroatoms. The van der Waals surface area contributed by atoms with Crippen LogP contribution in [0.4, 0.5) is 4.39 Å². The number of carbonyl (C=O) groups excluding carboxylic acids is 1. The number of hydrogen-bond donors (Lipinski definition) is 0. The van der Waals surface area contributed by atoms with Crippen LogP contribution in [0, 0.1) is 24.1 Å². The Hall–Kier alpha value is -1.89. The number of nitrogens with zero attached hydrogens (tertiary/aromatic N) is 2. The molecule has 0 radical (unpaired) electrons. The zero-order chi connectivity index (χ0) is 11.4. The van der Waals surface area contributed by atoms with Crippen molar-refractivity contribution in [2.24, 2.45) is 0 Å². The van der Waals surface area contributed by atoms with Gasteiger partial charge in [-0.25, -0.2) is 4.39 Å². The molecule has 0 aliphatic carbocycles. The summed E-state index contributed by atoms with van der Waals surface area (Å²) in [7, 11) is 1.54. The molecular weight excluding hydrogens is 195 g/mol. The number of carbonyl (C=O) groups is 1. The Morgan fingerprint density at radius 2 is 2.27 bits per heavy atom. The monoisotopic (exact) mass is 206 g/mol. The van der Waals surface area contributed by atoms with Gasteiger partial charge in [0, 0.05) is 12.6 Å². The average molecular weight is 206 g/mol. The molecule has 0 aliphatic rings. The first-order valence-corrected chi connectivity index (χ1v) is 4.45. The predicted octanol–water partition coefficient (Wildman–Crippen LogP) is 1.73. The van der Waals surface area contributed by atoms with Gasteiger partial charge >= 0.3 is 0 Å². The summed E-state index contributed by atoms with van der Waals surface area (Å²) in [6, 6.07) is 5.85. The predicted molar refractivity (Wildman–Crippen MR) is 53.7 cm³/mol. The van der Waals surface area contributed by atoms with Crippen LogP contribution in [0.1, 0.15) is 15.9 Å². The molecule has 0 aromatic heterocycles. The fourth-order valence-corrected chi connectivity index (χ4v) is 1.25. The van der Waals surface area contributed by atoms with Crippen molar-refractivity contribution in [3.8, 4) is 6.07 Å². The topological polar surface area (TPSA) is 44.1 Å². The van der Waals surface area contributed by atoms with Crippen molar-refractivity contribution in [3.63, 3.8) is 0 Å². The highest BCUT2D eigenvalue weighted by Gasteiger charge is 2.13. The maximum absolute atomic E-state index is 12.8. The van der Waals surface area contributed by atoms with Crippen molar-refractivity contribution in [1.29, 1.82) is 5.26 Å². The van der Waals surface area contributed by atoms with E-state index in [0.717, 1.165) is 0 Å². The maximum atomic E-state index is 12.8. The van der Waals surface area contributed by atoms with E-state index < -0.39 is 0 Å². The number of rotatable bonds is 2. The smallest absolute Gasteiger partial charge is 0.254 e. The molecule has 0 fully saturated rings. The van der Waals surface area contributed by atoms with Crippen molar-refractivity contribution >= 4 is 5.91 Å². The number of halogens is 1. The molecule has 1 aromatic carbocycles. The second-order valence-electron chi connectivity index (χ2n) is 3.28. The van der Waals surface area contributed by atoms with E-state index >= 15 is 0 Å². The van der Waals surface area contributed by atoms with E-state index in [1.54, 1.807) is 6.92 Å². The highest BCUT2D eigenvalue weighted by Crippen LogP contribution is 2.11. The first kappa shape index (κ1) is 11.2. The molecule has 0 saturated carbocycles. The van der Waals surface area contributed by atoms with Crippen LogP contribution < -0.4 is 0 Å². The molecule has 78 valence electrons. The molecule has 1 rings (SSSR count). The molecule has 1 amide bonds. The third-order valence-corrected chi connectivity index (χ3v) is 2.07. The fraction of sp³-hybridized carbons (Fsp3) is 0.273. The number of amides is 1. The Kier molecular flexibility index (Phi) is 3.40. The van der Waals surface area contributed by atoms with E-state index in [2.05, 4.69) is 0 Å². The average Bonchev–Trinajstić information content (AvgIpc) is 2.17. The summed E-state index contributed by atoms with van der Waals surface area (Å²) >= 11 is 0. The van der Waals surface area contributed by atoms with Gasteiger partial charge in [0.2, 0.25) is 0 Å². The van der Waals surface area contributed by atoms with E-state index in [1.807, 2.05) is 6.07 Å². The summed E-state index contributed by atoms with van der Waals surface area (Å²) in [4.78, 5) is 13.0. The van der Waals surface area contributed by atoms with Gasteiger partial charge in [-0.05, 0) is 30.7 Å². The van der Waals surface area contributed by atoms with Crippen molar-refractivity contribution in [2.75, 3.05) is 13.6 Å². The minimum absolute atomic E-state index is 0.0235. The van der Waals surface area contributed by atoms with E-state index in [1.165, 1.54) is 30.1 Å². The van der Waals surface area contributed by atoms with E-state index in [0.29, 0.717) is 11.1 Å². The van der Waals surface area contributed by atoms with E-state index in [4.69, 9.17) is 5.26 Å². The Morgan fingerprint density at radius 1 is 1.60 bits per heavy atom. The van der Waals surface area contributed by atoms with Gasteiger partial charge in [0.1, 0.15) is 12.4 Å². The third-order valence-electron chi connectivity index (χ3n) is 2.07. The Labute approximate surface area is 87.7 Å². The van der Waals surface area contributed by atoms with Gasteiger partial charge in [0.25, 0.3) is 5.91 Å². The summed E-state index contributed by atoms with van der Waals surface area (Å²) in [5, 5.41) is 8.44. The second-order valence-corrected chi connectivity index (χ2v) is 3.28. The highest BCUT2D eigenvalue weighted by molar-refractivity contribution is 5.95. The first-order chi connectivity index (χ1) is 7.06. The molecule has 0 heterocycles. The van der Waals surface area contributed by atoms with Gasteiger partial charge in [0.15, 0.2) is 0 Å². The molecule has 0 aliphatic heterocycles. The van der Waals surface area contributed by atoms with Crippen LogP contribution in [0.15, 0.2) is 18.2 Å². The van der Waals surface area contributed by atoms with Crippen molar-refractivity contribution in [1.82, 2.24) is 4.90 Å². The molecule has 1 aromatic rings. The Balaban J connectivity index is 2.97. The molecule has 0 bridgehead atoms. The lowest BCUT2D eigenvalue weighted by Crippen LogP contribution is -2.27. The number of benzene rings is 1. The highest BCUT2D eigenvalue weighted by atomic mass is 19.1. The molecule has 0 unspecified atom stereocenters. The van der Waals surface area contributed by atoms with Crippen LogP contribution in [0.2, 0.25) is 0 Å². The van der Waals surface area contributed by atoms with Gasteiger partial charge in [0.05, 0.1) is 6.07 Å². The lowest BCUT2D eigenvalue weighted by Gasteiger charge is -2.14.